The van der Waals surface area contributed by atoms with Crippen molar-refractivity contribution in [1.29, 1.82) is 0 Å². The first kappa shape index (κ1) is 12.8. The van der Waals surface area contributed by atoms with Gasteiger partial charge in [0.25, 0.3) is 5.09 Å². The smallest absolute Gasteiger partial charge is 0.291 e. The molecule has 0 bridgehead atoms. The average Bonchev–Trinajstić information content (AvgIpc) is 2.91. The van der Waals surface area contributed by atoms with Gasteiger partial charge in [0.2, 0.25) is 0 Å². The Labute approximate surface area is 109 Å². The Kier molecular flexibility index (Phi) is 3.92. The highest BCUT2D eigenvalue weighted by molar-refractivity contribution is 6.10. The van der Waals surface area contributed by atoms with Crippen molar-refractivity contribution < 1.29 is 10.3 Å². The fraction of sp³-hybridized carbons (Fsp3) is 0.154. The predicted octanol–water partition coefficient (Wildman–Crippen LogP) is 1.84. The summed E-state index contributed by atoms with van der Waals surface area (Å²) >= 11 is 0. The second kappa shape index (κ2) is 5.81. The number of hydrogen-bond donors (Lipinski definition) is 2. The Morgan fingerprint density at radius 1 is 1.21 bits per heavy atom. The third-order valence-electron chi connectivity index (χ3n) is 2.72. The van der Waals surface area contributed by atoms with Crippen LogP contribution in [0.2, 0.25) is 0 Å². The van der Waals surface area contributed by atoms with Gasteiger partial charge >= 0.3 is 0 Å². The van der Waals surface area contributed by atoms with Gasteiger partial charge in [0.05, 0.1) is 6.54 Å². The molecule has 0 saturated carbocycles. The Hall–Kier alpha value is -2.63. The summed E-state index contributed by atoms with van der Waals surface area (Å²) in [6, 6.07) is 14.8. The Balaban J connectivity index is 0.000000297. The maximum atomic E-state index is 8.36. The molecule has 6 heteroatoms. The molecule has 3 rings (SSSR count). The number of fused-ring (bicyclic) bond motifs is 1. The van der Waals surface area contributed by atoms with Crippen LogP contribution >= 0.6 is 0 Å². The highest BCUT2D eigenvalue weighted by Gasteiger charge is 2.10. The van der Waals surface area contributed by atoms with Crippen LogP contribution in [-0.4, -0.2) is 29.2 Å². The first-order valence-corrected chi connectivity index (χ1v) is 5.78. The SMILES string of the molecule is O=[N+]([O-])O.c1ccc2c(C3=NCCN3)cccc2c1. The second-order valence-corrected chi connectivity index (χ2v) is 3.92. The molecule has 0 unspecified atom stereocenters. The molecule has 0 atom stereocenters. The van der Waals surface area contributed by atoms with Crippen LogP contribution in [0.4, 0.5) is 0 Å². The third kappa shape index (κ3) is 3.19. The van der Waals surface area contributed by atoms with Gasteiger partial charge in [-0.05, 0) is 10.8 Å². The van der Waals surface area contributed by atoms with Gasteiger partial charge in [0.1, 0.15) is 5.84 Å². The van der Waals surface area contributed by atoms with Crippen LogP contribution in [0.1, 0.15) is 5.56 Å². The molecule has 2 aromatic carbocycles. The lowest BCUT2D eigenvalue weighted by molar-refractivity contribution is -0.742. The molecule has 0 aliphatic carbocycles. The summed E-state index contributed by atoms with van der Waals surface area (Å²) in [5.41, 5.74) is 1.21. The first-order valence-electron chi connectivity index (χ1n) is 5.78. The van der Waals surface area contributed by atoms with Crippen LogP contribution in [0.5, 0.6) is 0 Å². The van der Waals surface area contributed by atoms with E-state index in [1.165, 1.54) is 16.3 Å². The predicted molar refractivity (Wildman–Crippen MR) is 72.1 cm³/mol. The van der Waals surface area contributed by atoms with Crippen LogP contribution in [0.25, 0.3) is 10.8 Å². The molecule has 0 fully saturated rings. The molecule has 1 heterocycles. The third-order valence-corrected chi connectivity index (χ3v) is 2.72. The molecule has 0 radical (unpaired) electrons. The monoisotopic (exact) mass is 259 g/mol. The fourth-order valence-corrected chi connectivity index (χ4v) is 2.01. The van der Waals surface area contributed by atoms with E-state index in [2.05, 4.69) is 52.8 Å². The largest absolute Gasteiger partial charge is 0.368 e. The van der Waals surface area contributed by atoms with E-state index in [-0.39, 0.29) is 0 Å². The van der Waals surface area contributed by atoms with E-state index in [9.17, 15) is 0 Å². The van der Waals surface area contributed by atoms with E-state index in [0.717, 1.165) is 18.9 Å². The standard InChI is InChI=1S/C13H12N2.HNO3/c1-2-6-11-10(4-1)5-3-7-12(11)13-14-8-9-15-13;2-1(3)4/h1-7H,8-9H2,(H,14,15);(H,2,3,4). The van der Waals surface area contributed by atoms with Gasteiger partial charge in [-0.2, -0.15) is 0 Å². The van der Waals surface area contributed by atoms with Crippen molar-refractivity contribution in [1.82, 2.24) is 5.32 Å². The summed E-state index contributed by atoms with van der Waals surface area (Å²) in [5, 5.41) is 19.5. The molecule has 98 valence electrons. The number of amidine groups is 1. The Morgan fingerprint density at radius 3 is 2.58 bits per heavy atom. The number of nitrogens with one attached hydrogen (secondary N) is 1. The van der Waals surface area contributed by atoms with Gasteiger partial charge < -0.3 is 10.5 Å². The van der Waals surface area contributed by atoms with Crippen molar-refractivity contribution in [2.75, 3.05) is 13.1 Å². The molecule has 1 aliphatic rings. The minimum absolute atomic E-state index is 0.887. The van der Waals surface area contributed by atoms with Crippen molar-refractivity contribution >= 4 is 16.6 Å². The number of rotatable bonds is 1. The zero-order valence-electron chi connectivity index (χ0n) is 10.1. The normalized spacial score (nSPS) is 13.2. The van der Waals surface area contributed by atoms with E-state index in [0.29, 0.717) is 0 Å². The van der Waals surface area contributed by atoms with Crippen molar-refractivity contribution in [3.8, 4) is 0 Å². The lowest BCUT2D eigenvalue weighted by Gasteiger charge is -2.06. The fourth-order valence-electron chi connectivity index (χ4n) is 2.01. The lowest BCUT2D eigenvalue weighted by Crippen LogP contribution is -2.19. The zero-order chi connectivity index (χ0) is 13.7. The maximum Gasteiger partial charge on any atom is 0.291 e. The van der Waals surface area contributed by atoms with E-state index >= 15 is 0 Å². The van der Waals surface area contributed by atoms with Crippen molar-refractivity contribution in [2.24, 2.45) is 4.99 Å². The highest BCUT2D eigenvalue weighted by atomic mass is 16.9. The quantitative estimate of drug-likeness (QED) is 0.604. The van der Waals surface area contributed by atoms with E-state index < -0.39 is 5.09 Å². The molecule has 2 aromatic rings. The first-order chi connectivity index (χ1) is 9.18. The van der Waals surface area contributed by atoms with Crippen LogP contribution in [0.3, 0.4) is 0 Å². The number of nitrogens with zero attached hydrogens (tertiary/aromatic N) is 2. The summed E-state index contributed by atoms with van der Waals surface area (Å²) in [6.45, 7) is 1.84. The van der Waals surface area contributed by atoms with E-state index in [1.807, 2.05) is 0 Å². The second-order valence-electron chi connectivity index (χ2n) is 3.92. The summed E-state index contributed by atoms with van der Waals surface area (Å²) < 4.78 is 0. The van der Waals surface area contributed by atoms with Gasteiger partial charge in [-0.1, -0.05) is 42.5 Å². The van der Waals surface area contributed by atoms with Crippen LogP contribution in [0, 0.1) is 10.1 Å². The van der Waals surface area contributed by atoms with Crippen LogP contribution in [0.15, 0.2) is 47.5 Å². The molecule has 19 heavy (non-hydrogen) atoms. The minimum atomic E-state index is -1.50. The van der Waals surface area contributed by atoms with Crippen molar-refractivity contribution in [3.05, 3.63) is 58.1 Å². The van der Waals surface area contributed by atoms with Gasteiger partial charge in [0.15, 0.2) is 0 Å². The minimum Gasteiger partial charge on any atom is -0.368 e. The van der Waals surface area contributed by atoms with Crippen molar-refractivity contribution in [3.63, 3.8) is 0 Å². The molecular formula is C13H13N3O3. The molecule has 1 aliphatic heterocycles. The van der Waals surface area contributed by atoms with Crippen LogP contribution < -0.4 is 5.32 Å². The molecule has 0 amide bonds. The number of hydrogen-bond acceptors (Lipinski definition) is 4. The molecule has 6 nitrogen and oxygen atoms in total. The molecule has 2 N–H and O–H groups in total. The maximum absolute atomic E-state index is 8.36. The zero-order valence-corrected chi connectivity index (χ0v) is 10.1. The highest BCUT2D eigenvalue weighted by Crippen LogP contribution is 2.19. The summed E-state index contributed by atoms with van der Waals surface area (Å²) in [7, 11) is 0. The number of benzene rings is 2. The average molecular weight is 259 g/mol. The number of aliphatic imine (C=N–C) groups is 1. The summed E-state index contributed by atoms with van der Waals surface area (Å²) in [5.74, 6) is 1.03. The van der Waals surface area contributed by atoms with E-state index in [1.54, 1.807) is 0 Å². The Bertz CT molecular complexity index is 616. The van der Waals surface area contributed by atoms with Gasteiger partial charge in [-0.25, -0.2) is 0 Å². The van der Waals surface area contributed by atoms with Gasteiger partial charge in [-0.15, -0.1) is 10.1 Å². The van der Waals surface area contributed by atoms with Crippen LogP contribution in [-0.2, 0) is 0 Å². The molecule has 0 spiro atoms. The van der Waals surface area contributed by atoms with E-state index in [4.69, 9.17) is 15.3 Å². The molecule has 0 aromatic heterocycles. The van der Waals surface area contributed by atoms with Crippen molar-refractivity contribution in [2.45, 2.75) is 0 Å². The van der Waals surface area contributed by atoms with Gasteiger partial charge in [0, 0.05) is 12.1 Å². The topological polar surface area (TPSA) is 87.8 Å². The lowest BCUT2D eigenvalue weighted by atomic mass is 10.0. The molecule has 0 saturated heterocycles. The Morgan fingerprint density at radius 2 is 1.89 bits per heavy atom. The summed E-state index contributed by atoms with van der Waals surface area (Å²) in [4.78, 5) is 12.8. The summed E-state index contributed by atoms with van der Waals surface area (Å²) in [6.07, 6.45) is 0. The molecular weight excluding hydrogens is 246 g/mol. The van der Waals surface area contributed by atoms with Gasteiger partial charge in [-0.3, -0.25) is 4.99 Å².